The van der Waals surface area contributed by atoms with Crippen LogP contribution in [0.4, 0.5) is 24.1 Å². The van der Waals surface area contributed by atoms with Crippen LogP contribution in [0.1, 0.15) is 55.8 Å². The van der Waals surface area contributed by atoms with E-state index in [1.807, 2.05) is 0 Å². The summed E-state index contributed by atoms with van der Waals surface area (Å²) in [7, 11) is -0.240. The van der Waals surface area contributed by atoms with Crippen molar-refractivity contribution in [3.05, 3.63) is 61.1 Å². The van der Waals surface area contributed by atoms with Crippen LogP contribution in [0.25, 0.3) is 11.3 Å². The molecule has 2 aromatic rings. The number of alkyl carbamates (subject to hydrolysis) is 1. The molecular weight excluding hydrogens is 590 g/mol. The summed E-state index contributed by atoms with van der Waals surface area (Å²) in [5.74, 6) is -4.90. The number of amides is 2. The fourth-order valence-corrected chi connectivity index (χ4v) is 4.76. The van der Waals surface area contributed by atoms with Crippen LogP contribution < -0.4 is 10.6 Å². The van der Waals surface area contributed by atoms with Gasteiger partial charge in [0.15, 0.2) is 0 Å². The summed E-state index contributed by atoms with van der Waals surface area (Å²) in [5.41, 5.74) is -0.789. The number of anilines is 1. The smallest absolute Gasteiger partial charge is 0.411 e. The number of carbonyl (C=O) groups is 3. The maximum Gasteiger partial charge on any atom is 0.411 e. The summed E-state index contributed by atoms with van der Waals surface area (Å²) < 4.78 is 47.5. The molecular formula is C31H44F2N4O6Si. The number of carbonyl (C=O) groups excluding carboxylic acids is 3. The van der Waals surface area contributed by atoms with Crippen LogP contribution in [0.15, 0.2) is 49.7 Å². The molecule has 0 aliphatic heterocycles. The monoisotopic (exact) mass is 634 g/mol. The van der Waals surface area contributed by atoms with E-state index < -0.39 is 50.0 Å². The van der Waals surface area contributed by atoms with Crippen LogP contribution in [-0.2, 0) is 20.9 Å². The Hall–Kier alpha value is -3.84. The molecule has 2 rings (SSSR count). The molecule has 1 heterocycles. The van der Waals surface area contributed by atoms with E-state index in [-0.39, 0.29) is 35.7 Å². The summed E-state index contributed by atoms with van der Waals surface area (Å²) in [6.45, 7) is 19.5. The Morgan fingerprint density at radius 1 is 1.11 bits per heavy atom. The van der Waals surface area contributed by atoms with Crippen LogP contribution in [-0.4, -0.2) is 60.8 Å². The molecule has 0 unspecified atom stereocenters. The van der Waals surface area contributed by atoms with Crippen LogP contribution in [0, 0.1) is 0 Å². The normalized spacial score (nSPS) is 12.7. The van der Waals surface area contributed by atoms with Crippen molar-refractivity contribution in [2.75, 3.05) is 19.0 Å². The highest BCUT2D eigenvalue weighted by Gasteiger charge is 2.39. The van der Waals surface area contributed by atoms with Gasteiger partial charge in [-0.25, -0.2) is 14.6 Å². The highest BCUT2D eigenvalue weighted by atomic mass is 28.3. The second-order valence-corrected chi connectivity index (χ2v) is 18.0. The first-order valence-corrected chi connectivity index (χ1v) is 17.9. The Kier molecular flexibility index (Phi) is 12.6. The molecule has 0 saturated heterocycles. The second-order valence-electron chi connectivity index (χ2n) is 12.4. The first kappa shape index (κ1) is 36.3. The number of hydrogen-bond acceptors (Lipinski definition) is 7. The van der Waals surface area contributed by atoms with Crippen LogP contribution in [0.5, 0.6) is 0 Å². The van der Waals surface area contributed by atoms with Gasteiger partial charge < -0.3 is 24.1 Å². The Morgan fingerprint density at radius 3 is 2.36 bits per heavy atom. The maximum atomic E-state index is 14.9. The fraction of sp³-hybridized carbons (Fsp3) is 0.484. The number of nitrogens with one attached hydrogen (secondary N) is 2. The molecule has 2 amide bonds. The minimum Gasteiger partial charge on any atom is -0.453 e. The van der Waals surface area contributed by atoms with Crippen molar-refractivity contribution in [3.63, 3.8) is 0 Å². The number of aromatic nitrogens is 2. The number of halogens is 2. The summed E-state index contributed by atoms with van der Waals surface area (Å²) >= 11 is 0. The molecule has 242 valence electrons. The zero-order chi connectivity index (χ0) is 33.3. The van der Waals surface area contributed by atoms with Crippen molar-refractivity contribution in [2.24, 2.45) is 0 Å². The van der Waals surface area contributed by atoms with Gasteiger partial charge in [-0.05, 0) is 51.4 Å². The standard InChI is InChI=1S/C31H44F2N4O6Si/c1-10-12-24(36-29(40)43-30(3,4)5)27-35-25(19-37(27)20-42-16-17-44(7,8)9)22-14-13-21(34-28(39)41-6)18-23(22)26(38)31(32,33)15-11-2/h10-11,13-14,18-19,24H,1-2,12,15-17,20H2,3-9H3,(H,34,39)(H,36,40)/t24-/m0/s1. The lowest BCUT2D eigenvalue weighted by molar-refractivity contribution is 0.0124. The molecule has 0 saturated carbocycles. The number of ether oxygens (including phenoxy) is 3. The topological polar surface area (TPSA) is 121 Å². The first-order chi connectivity index (χ1) is 20.4. The van der Waals surface area contributed by atoms with Gasteiger partial charge in [-0.2, -0.15) is 8.78 Å². The third-order valence-corrected chi connectivity index (χ3v) is 7.85. The van der Waals surface area contributed by atoms with E-state index >= 15 is 0 Å². The van der Waals surface area contributed by atoms with Gasteiger partial charge in [-0.15, -0.1) is 13.2 Å². The van der Waals surface area contributed by atoms with Crippen molar-refractivity contribution in [2.45, 2.75) is 83.6 Å². The Labute approximate surface area is 258 Å². The highest BCUT2D eigenvalue weighted by Crippen LogP contribution is 2.34. The minimum absolute atomic E-state index is 0.0499. The Balaban J connectivity index is 2.67. The molecule has 0 fully saturated rings. The van der Waals surface area contributed by atoms with Gasteiger partial charge in [0.2, 0.25) is 5.78 Å². The van der Waals surface area contributed by atoms with E-state index in [1.165, 1.54) is 12.1 Å². The third-order valence-electron chi connectivity index (χ3n) is 6.14. The lowest BCUT2D eigenvalue weighted by Gasteiger charge is -2.23. The van der Waals surface area contributed by atoms with Crippen molar-refractivity contribution in [3.8, 4) is 11.3 Å². The molecule has 1 aromatic heterocycles. The number of imidazole rings is 1. The van der Waals surface area contributed by atoms with Gasteiger partial charge in [0.05, 0.1) is 18.8 Å². The van der Waals surface area contributed by atoms with Gasteiger partial charge in [-0.1, -0.05) is 31.8 Å². The Bertz CT molecular complexity index is 1350. The van der Waals surface area contributed by atoms with E-state index in [9.17, 15) is 23.2 Å². The predicted molar refractivity (Wildman–Crippen MR) is 169 cm³/mol. The second kappa shape index (κ2) is 15.2. The number of nitrogens with zero attached hydrogens (tertiary/aromatic N) is 2. The molecule has 1 atom stereocenters. The number of allylic oxidation sites excluding steroid dienone is 1. The van der Waals surface area contributed by atoms with Gasteiger partial charge in [0, 0.05) is 44.1 Å². The average molecular weight is 635 g/mol. The Morgan fingerprint density at radius 2 is 1.80 bits per heavy atom. The van der Waals surface area contributed by atoms with E-state index in [0.29, 0.717) is 12.4 Å². The quantitative estimate of drug-likeness (QED) is 0.0897. The zero-order valence-corrected chi connectivity index (χ0v) is 27.6. The number of rotatable bonds is 15. The summed E-state index contributed by atoms with van der Waals surface area (Å²) in [5, 5.41) is 5.20. The van der Waals surface area contributed by atoms with Crippen LogP contribution >= 0.6 is 0 Å². The summed E-state index contributed by atoms with van der Waals surface area (Å²) in [6.07, 6.45) is 1.99. The minimum atomic E-state index is -3.77. The summed E-state index contributed by atoms with van der Waals surface area (Å²) in [6, 6.07) is 4.18. The zero-order valence-electron chi connectivity index (χ0n) is 26.6. The molecule has 0 spiro atoms. The highest BCUT2D eigenvalue weighted by molar-refractivity contribution is 6.76. The van der Waals surface area contributed by atoms with Crippen molar-refractivity contribution < 1.29 is 37.4 Å². The van der Waals surface area contributed by atoms with E-state index in [1.54, 1.807) is 37.6 Å². The number of benzene rings is 1. The third kappa shape index (κ3) is 11.0. The lowest BCUT2D eigenvalue weighted by atomic mass is 9.95. The largest absolute Gasteiger partial charge is 0.453 e. The molecule has 13 heteroatoms. The molecule has 2 N–H and O–H groups in total. The van der Waals surface area contributed by atoms with E-state index in [0.717, 1.165) is 25.3 Å². The lowest BCUT2D eigenvalue weighted by Crippen LogP contribution is -2.36. The fourth-order valence-electron chi connectivity index (χ4n) is 4.00. The molecule has 0 bridgehead atoms. The summed E-state index contributed by atoms with van der Waals surface area (Å²) in [4.78, 5) is 42.4. The SMILES string of the molecule is C=CC[C@H](NC(=O)OC(C)(C)C)c1nc(-c2ccc(NC(=O)OC)cc2C(=O)C(F)(F)CC=C)cn1COCC[Si](C)(C)C. The molecule has 0 radical (unpaired) electrons. The number of methoxy groups -OCH3 is 1. The molecule has 1 aromatic carbocycles. The van der Waals surface area contributed by atoms with Gasteiger partial charge in [0.25, 0.3) is 0 Å². The number of hydrogen-bond donors (Lipinski definition) is 2. The number of alkyl halides is 2. The number of ketones is 1. The van der Waals surface area contributed by atoms with E-state index in [4.69, 9.17) is 14.5 Å². The van der Waals surface area contributed by atoms with E-state index in [2.05, 4.69) is 48.2 Å². The van der Waals surface area contributed by atoms with Crippen LogP contribution in [0.2, 0.25) is 25.7 Å². The molecule has 0 aliphatic rings. The first-order valence-electron chi connectivity index (χ1n) is 14.2. The molecule has 10 nitrogen and oxygen atoms in total. The predicted octanol–water partition coefficient (Wildman–Crippen LogP) is 7.58. The van der Waals surface area contributed by atoms with Crippen LogP contribution in [0.3, 0.4) is 0 Å². The van der Waals surface area contributed by atoms with Crippen molar-refractivity contribution in [1.29, 1.82) is 0 Å². The average Bonchev–Trinajstić information content (AvgIpc) is 3.32. The maximum absolute atomic E-state index is 14.9. The molecule has 0 aliphatic carbocycles. The van der Waals surface area contributed by atoms with Gasteiger partial charge in [-0.3, -0.25) is 10.1 Å². The van der Waals surface area contributed by atoms with Gasteiger partial charge >= 0.3 is 18.1 Å². The van der Waals surface area contributed by atoms with Crippen molar-refractivity contribution in [1.82, 2.24) is 14.9 Å². The number of Topliss-reactive ketones (excluding diaryl/α,β-unsaturated/α-hetero) is 1. The van der Waals surface area contributed by atoms with Gasteiger partial charge in [0.1, 0.15) is 18.2 Å². The molecule has 44 heavy (non-hydrogen) atoms. The van der Waals surface area contributed by atoms with Crippen molar-refractivity contribution >= 4 is 31.7 Å².